The monoisotopic (exact) mass is 433 g/mol. The molecule has 4 aromatic rings. The molecule has 4 rings (SSSR count). The van der Waals surface area contributed by atoms with Crippen molar-refractivity contribution in [1.82, 2.24) is 4.98 Å². The number of halogens is 2. The molecule has 4 nitrogen and oxygen atoms in total. The van der Waals surface area contributed by atoms with E-state index in [1.807, 2.05) is 42.5 Å². The maximum atomic E-state index is 13.5. The Balaban J connectivity index is 1.98. The maximum Gasteiger partial charge on any atom is 0.200 e. The van der Waals surface area contributed by atoms with Crippen molar-refractivity contribution in [3.05, 3.63) is 105 Å². The Bertz CT molecular complexity index is 1250. The largest absolute Gasteiger partial charge is 0.341 e. The number of anilines is 2. The lowest BCUT2D eigenvalue weighted by Gasteiger charge is -2.16. The molecular formula is C24H17Cl2N3O. The van der Waals surface area contributed by atoms with Crippen molar-refractivity contribution in [1.29, 1.82) is 5.41 Å². The number of rotatable bonds is 5. The fraction of sp³-hybridized carbons (Fsp3) is 0. The SMILES string of the molecule is N=Cc1c(Nc2ccccc2)[nH]c(-c2ccc(Cl)cc2)c(-c2ccc(Cl)cc2)c1=O. The molecule has 0 amide bonds. The van der Waals surface area contributed by atoms with Crippen LogP contribution in [-0.2, 0) is 0 Å². The summed E-state index contributed by atoms with van der Waals surface area (Å²) in [6.07, 6.45) is 1.06. The third kappa shape index (κ3) is 4.01. The predicted molar refractivity (Wildman–Crippen MR) is 126 cm³/mol. The van der Waals surface area contributed by atoms with E-state index >= 15 is 0 Å². The summed E-state index contributed by atoms with van der Waals surface area (Å²) in [5, 5.41) is 12.3. The second kappa shape index (κ2) is 8.57. The molecule has 0 radical (unpaired) electrons. The minimum atomic E-state index is -0.255. The van der Waals surface area contributed by atoms with E-state index in [9.17, 15) is 4.79 Å². The van der Waals surface area contributed by atoms with Crippen LogP contribution in [0.2, 0.25) is 10.0 Å². The molecule has 0 aliphatic carbocycles. The number of hydrogen-bond donors (Lipinski definition) is 3. The number of pyridine rings is 1. The van der Waals surface area contributed by atoms with Crippen LogP contribution in [0.5, 0.6) is 0 Å². The Hall–Kier alpha value is -3.34. The zero-order valence-corrected chi connectivity index (χ0v) is 17.3. The molecule has 0 fully saturated rings. The van der Waals surface area contributed by atoms with Crippen molar-refractivity contribution in [2.24, 2.45) is 0 Å². The molecule has 0 saturated heterocycles. The molecule has 148 valence electrons. The molecule has 1 aromatic heterocycles. The standard InChI is InChI=1S/C24H17Cl2N3O/c25-17-10-6-15(7-11-17)21-22(16-8-12-18(26)13-9-16)29-24(20(14-27)23(21)30)28-19-4-2-1-3-5-19/h1-14,27H,(H2,28,29,30). The highest BCUT2D eigenvalue weighted by Crippen LogP contribution is 2.32. The summed E-state index contributed by atoms with van der Waals surface area (Å²) in [4.78, 5) is 16.8. The van der Waals surface area contributed by atoms with Gasteiger partial charge in [-0.3, -0.25) is 4.79 Å². The van der Waals surface area contributed by atoms with Crippen LogP contribution in [0, 0.1) is 5.41 Å². The van der Waals surface area contributed by atoms with Gasteiger partial charge in [0.15, 0.2) is 0 Å². The molecule has 0 atom stereocenters. The number of H-pyrrole nitrogens is 1. The third-order valence-corrected chi connectivity index (χ3v) is 5.20. The molecule has 0 aliphatic rings. The van der Waals surface area contributed by atoms with Crippen LogP contribution in [0.3, 0.4) is 0 Å². The second-order valence-electron chi connectivity index (χ2n) is 6.64. The molecule has 0 spiro atoms. The Kier molecular flexibility index (Phi) is 5.70. The van der Waals surface area contributed by atoms with Crippen molar-refractivity contribution in [3.8, 4) is 22.4 Å². The number of nitrogens with one attached hydrogen (secondary N) is 3. The van der Waals surface area contributed by atoms with Crippen LogP contribution in [0.4, 0.5) is 11.5 Å². The van der Waals surface area contributed by atoms with E-state index in [2.05, 4.69) is 10.3 Å². The molecule has 1 heterocycles. The van der Waals surface area contributed by atoms with Gasteiger partial charge < -0.3 is 15.7 Å². The molecule has 3 N–H and O–H groups in total. The van der Waals surface area contributed by atoms with Gasteiger partial charge >= 0.3 is 0 Å². The lowest BCUT2D eigenvalue weighted by atomic mass is 9.97. The van der Waals surface area contributed by atoms with Crippen LogP contribution in [0.15, 0.2) is 83.7 Å². The van der Waals surface area contributed by atoms with Gasteiger partial charge in [0.2, 0.25) is 5.43 Å². The second-order valence-corrected chi connectivity index (χ2v) is 7.51. The van der Waals surface area contributed by atoms with Gasteiger partial charge in [0, 0.05) is 21.9 Å². The molecule has 0 bridgehead atoms. The van der Waals surface area contributed by atoms with Gasteiger partial charge in [-0.25, -0.2) is 0 Å². The molecule has 30 heavy (non-hydrogen) atoms. The fourth-order valence-electron chi connectivity index (χ4n) is 3.24. The predicted octanol–water partition coefficient (Wildman–Crippen LogP) is 6.76. The van der Waals surface area contributed by atoms with E-state index in [4.69, 9.17) is 28.6 Å². The Morgan fingerprint density at radius 3 is 1.93 bits per heavy atom. The zero-order chi connectivity index (χ0) is 21.1. The van der Waals surface area contributed by atoms with Gasteiger partial charge in [-0.15, -0.1) is 0 Å². The van der Waals surface area contributed by atoms with Crippen LogP contribution < -0.4 is 10.7 Å². The highest BCUT2D eigenvalue weighted by atomic mass is 35.5. The highest BCUT2D eigenvalue weighted by molar-refractivity contribution is 6.31. The zero-order valence-electron chi connectivity index (χ0n) is 15.7. The Labute approximate surface area is 183 Å². The van der Waals surface area contributed by atoms with Crippen LogP contribution >= 0.6 is 23.2 Å². The van der Waals surface area contributed by atoms with Gasteiger partial charge in [-0.05, 0) is 47.5 Å². The van der Waals surface area contributed by atoms with E-state index < -0.39 is 0 Å². The van der Waals surface area contributed by atoms with E-state index in [0.717, 1.165) is 17.5 Å². The van der Waals surface area contributed by atoms with Crippen molar-refractivity contribution in [2.75, 3.05) is 5.32 Å². The minimum Gasteiger partial charge on any atom is -0.341 e. The van der Waals surface area contributed by atoms with E-state index in [1.54, 1.807) is 36.4 Å². The summed E-state index contributed by atoms with van der Waals surface area (Å²) in [6.45, 7) is 0. The lowest BCUT2D eigenvalue weighted by molar-refractivity contribution is 1.27. The first kappa shape index (κ1) is 20.0. The van der Waals surface area contributed by atoms with Gasteiger partial charge in [-0.1, -0.05) is 65.7 Å². The molecule has 0 aliphatic heterocycles. The number of aromatic nitrogens is 1. The van der Waals surface area contributed by atoms with Crippen molar-refractivity contribution in [2.45, 2.75) is 0 Å². The Morgan fingerprint density at radius 1 is 0.800 bits per heavy atom. The quantitative estimate of drug-likeness (QED) is 0.304. The summed E-state index contributed by atoms with van der Waals surface area (Å²) < 4.78 is 0. The number of benzene rings is 3. The molecular weight excluding hydrogens is 417 g/mol. The average Bonchev–Trinajstić information content (AvgIpc) is 2.76. The van der Waals surface area contributed by atoms with Gasteiger partial charge in [0.25, 0.3) is 0 Å². The van der Waals surface area contributed by atoms with Crippen LogP contribution in [0.1, 0.15) is 5.56 Å². The van der Waals surface area contributed by atoms with Gasteiger partial charge in [0.1, 0.15) is 5.82 Å². The summed E-state index contributed by atoms with van der Waals surface area (Å²) in [5.74, 6) is 0.448. The number of para-hydroxylation sites is 1. The smallest absolute Gasteiger partial charge is 0.200 e. The van der Waals surface area contributed by atoms with Gasteiger partial charge in [-0.2, -0.15) is 0 Å². The first-order valence-corrected chi connectivity index (χ1v) is 9.97. The van der Waals surface area contributed by atoms with E-state index in [0.29, 0.717) is 32.7 Å². The first-order valence-electron chi connectivity index (χ1n) is 9.21. The van der Waals surface area contributed by atoms with Crippen LogP contribution in [-0.4, -0.2) is 11.2 Å². The maximum absolute atomic E-state index is 13.5. The third-order valence-electron chi connectivity index (χ3n) is 4.69. The van der Waals surface area contributed by atoms with Crippen molar-refractivity contribution < 1.29 is 0 Å². The summed E-state index contributed by atoms with van der Waals surface area (Å²) >= 11 is 12.1. The molecule has 0 saturated carbocycles. The fourth-order valence-corrected chi connectivity index (χ4v) is 3.50. The lowest BCUT2D eigenvalue weighted by Crippen LogP contribution is -2.17. The summed E-state index contributed by atoms with van der Waals surface area (Å²) in [6, 6.07) is 23.8. The molecule has 0 unspecified atom stereocenters. The summed E-state index contributed by atoms with van der Waals surface area (Å²) in [5.41, 5.74) is 3.39. The first-order chi connectivity index (χ1) is 14.6. The highest BCUT2D eigenvalue weighted by Gasteiger charge is 2.19. The normalized spacial score (nSPS) is 10.6. The average molecular weight is 434 g/mol. The van der Waals surface area contributed by atoms with Crippen molar-refractivity contribution in [3.63, 3.8) is 0 Å². The topological polar surface area (TPSA) is 68.7 Å². The number of aromatic amines is 1. The van der Waals surface area contributed by atoms with E-state index in [-0.39, 0.29) is 11.0 Å². The summed E-state index contributed by atoms with van der Waals surface area (Å²) in [7, 11) is 0. The number of hydrogen-bond acceptors (Lipinski definition) is 3. The Morgan fingerprint density at radius 2 is 1.37 bits per heavy atom. The minimum absolute atomic E-state index is 0.238. The van der Waals surface area contributed by atoms with Crippen molar-refractivity contribution >= 4 is 40.9 Å². The molecule has 3 aromatic carbocycles. The van der Waals surface area contributed by atoms with Crippen LogP contribution in [0.25, 0.3) is 22.4 Å². The van der Waals surface area contributed by atoms with E-state index in [1.165, 1.54) is 0 Å². The molecule has 6 heteroatoms. The van der Waals surface area contributed by atoms with Gasteiger partial charge in [0.05, 0.1) is 16.8 Å².